The zero-order valence-electron chi connectivity index (χ0n) is 16.2. The standard InChI is InChI=1S/C24H34NP/c1-2-9-16-22(15-8-1)26(23-17-10-3-4-11-18-23)24-19-12-20-25(24)21-13-6-5-7-14-21/h5-7,12-14,19-20,22-23H,1-4,8-11,15-18H2. The molecule has 140 valence electrons. The molecule has 0 amide bonds. The first kappa shape index (κ1) is 18.3. The molecule has 4 rings (SSSR count). The molecule has 0 bridgehead atoms. The fourth-order valence-corrected chi connectivity index (χ4v) is 9.01. The van der Waals surface area contributed by atoms with E-state index in [1.807, 2.05) is 0 Å². The molecule has 0 aliphatic heterocycles. The van der Waals surface area contributed by atoms with Gasteiger partial charge in [0.2, 0.25) is 0 Å². The summed E-state index contributed by atoms with van der Waals surface area (Å²) in [6.45, 7) is 0. The first-order chi connectivity index (χ1) is 12.9. The van der Waals surface area contributed by atoms with Crippen molar-refractivity contribution >= 4 is 13.4 Å². The quantitative estimate of drug-likeness (QED) is 0.404. The van der Waals surface area contributed by atoms with Crippen LogP contribution < -0.4 is 5.44 Å². The number of nitrogens with zero attached hydrogens (tertiary/aromatic N) is 1. The molecule has 1 nitrogen and oxygen atoms in total. The third-order valence-corrected chi connectivity index (χ3v) is 9.96. The van der Waals surface area contributed by atoms with Gasteiger partial charge >= 0.3 is 0 Å². The van der Waals surface area contributed by atoms with Gasteiger partial charge in [0.1, 0.15) is 0 Å². The fraction of sp³-hybridized carbons (Fsp3) is 0.583. The maximum absolute atomic E-state index is 2.53. The van der Waals surface area contributed by atoms with Crippen LogP contribution >= 0.6 is 7.92 Å². The summed E-state index contributed by atoms with van der Waals surface area (Å²) in [6, 6.07) is 15.8. The Hall–Kier alpha value is -1.07. The van der Waals surface area contributed by atoms with Gasteiger partial charge in [-0.1, -0.05) is 77.5 Å². The van der Waals surface area contributed by atoms with Crippen LogP contribution in [0.5, 0.6) is 0 Å². The third kappa shape index (κ3) is 4.25. The number of hydrogen-bond donors (Lipinski definition) is 0. The largest absolute Gasteiger partial charge is 0.317 e. The molecule has 0 radical (unpaired) electrons. The monoisotopic (exact) mass is 367 g/mol. The minimum absolute atomic E-state index is 0.0706. The lowest BCUT2D eigenvalue weighted by atomic mass is 10.2. The Morgan fingerprint density at radius 2 is 1.15 bits per heavy atom. The van der Waals surface area contributed by atoms with Crippen LogP contribution in [0.15, 0.2) is 48.7 Å². The number of rotatable bonds is 4. The zero-order valence-corrected chi connectivity index (χ0v) is 17.0. The predicted octanol–water partition coefficient (Wildman–Crippen LogP) is 7.03. The normalized spacial score (nSPS) is 20.8. The van der Waals surface area contributed by atoms with E-state index >= 15 is 0 Å². The van der Waals surface area contributed by atoms with Crippen molar-refractivity contribution < 1.29 is 0 Å². The van der Waals surface area contributed by atoms with Gasteiger partial charge in [-0.2, -0.15) is 0 Å². The molecule has 0 unspecified atom stereocenters. The van der Waals surface area contributed by atoms with Crippen LogP contribution in [0.2, 0.25) is 0 Å². The maximum Gasteiger partial charge on any atom is 0.0464 e. The average Bonchev–Trinajstić information content (AvgIpc) is 2.87. The first-order valence-electron chi connectivity index (χ1n) is 10.9. The molecule has 1 heterocycles. The summed E-state index contributed by atoms with van der Waals surface area (Å²) in [4.78, 5) is 0. The van der Waals surface area contributed by atoms with E-state index in [-0.39, 0.29) is 7.92 Å². The van der Waals surface area contributed by atoms with Gasteiger partial charge in [0.15, 0.2) is 0 Å². The summed E-state index contributed by atoms with van der Waals surface area (Å²) in [5.74, 6) is 0. The van der Waals surface area contributed by atoms with Crippen molar-refractivity contribution in [3.05, 3.63) is 48.7 Å². The highest BCUT2D eigenvalue weighted by Gasteiger charge is 2.33. The summed E-state index contributed by atoms with van der Waals surface area (Å²) in [6.07, 6.45) is 19.9. The van der Waals surface area contributed by atoms with Crippen molar-refractivity contribution in [2.24, 2.45) is 0 Å². The molecule has 0 N–H and O–H groups in total. The van der Waals surface area contributed by atoms with Gasteiger partial charge in [-0.05, 0) is 61.3 Å². The van der Waals surface area contributed by atoms with E-state index in [0.29, 0.717) is 0 Å². The van der Waals surface area contributed by atoms with E-state index in [2.05, 4.69) is 53.2 Å². The number of aromatic nitrogens is 1. The molecule has 2 fully saturated rings. The number of benzene rings is 1. The highest BCUT2D eigenvalue weighted by molar-refractivity contribution is 7.66. The molecule has 2 saturated carbocycles. The Labute approximate surface area is 161 Å². The smallest absolute Gasteiger partial charge is 0.0464 e. The van der Waals surface area contributed by atoms with Gasteiger partial charge in [0.05, 0.1) is 0 Å². The number of para-hydroxylation sites is 1. The highest BCUT2D eigenvalue weighted by Crippen LogP contribution is 2.54. The van der Waals surface area contributed by atoms with Gasteiger partial charge in [0, 0.05) is 17.3 Å². The lowest BCUT2D eigenvalue weighted by Crippen LogP contribution is -2.26. The highest BCUT2D eigenvalue weighted by atomic mass is 31.1. The predicted molar refractivity (Wildman–Crippen MR) is 115 cm³/mol. The molecule has 0 saturated heterocycles. The Morgan fingerprint density at radius 1 is 0.615 bits per heavy atom. The van der Waals surface area contributed by atoms with E-state index in [1.54, 1.807) is 5.44 Å². The van der Waals surface area contributed by atoms with Crippen molar-refractivity contribution in [2.75, 3.05) is 0 Å². The summed E-state index contributed by atoms with van der Waals surface area (Å²) in [7, 11) is -0.0706. The molecule has 2 aliphatic carbocycles. The van der Waals surface area contributed by atoms with Crippen molar-refractivity contribution in [1.82, 2.24) is 4.57 Å². The lowest BCUT2D eigenvalue weighted by molar-refractivity contribution is 0.668. The summed E-state index contributed by atoms with van der Waals surface area (Å²) in [5, 5.41) is 0. The zero-order chi connectivity index (χ0) is 17.6. The first-order valence-corrected chi connectivity index (χ1v) is 12.4. The molecular weight excluding hydrogens is 333 g/mol. The minimum Gasteiger partial charge on any atom is -0.317 e. The Bertz CT molecular complexity index is 626. The van der Waals surface area contributed by atoms with E-state index in [4.69, 9.17) is 0 Å². The van der Waals surface area contributed by atoms with Gasteiger partial charge in [-0.15, -0.1) is 0 Å². The summed E-state index contributed by atoms with van der Waals surface area (Å²) in [5.41, 5.74) is 4.91. The van der Waals surface area contributed by atoms with Crippen LogP contribution in [0.3, 0.4) is 0 Å². The molecule has 1 aromatic carbocycles. The second-order valence-electron chi connectivity index (χ2n) is 8.27. The van der Waals surface area contributed by atoms with Crippen molar-refractivity contribution in [1.29, 1.82) is 0 Å². The van der Waals surface area contributed by atoms with Crippen LogP contribution in [0.4, 0.5) is 0 Å². The van der Waals surface area contributed by atoms with E-state index in [1.165, 1.54) is 82.7 Å². The SMILES string of the molecule is c1ccc(-n2cccc2P(C2CCCCCC2)C2CCCCCC2)cc1. The molecule has 0 atom stereocenters. The second kappa shape index (κ2) is 9.23. The maximum atomic E-state index is 2.53. The summed E-state index contributed by atoms with van der Waals surface area (Å²) >= 11 is 0. The van der Waals surface area contributed by atoms with Crippen LogP contribution in [0.1, 0.15) is 77.0 Å². The molecule has 2 heteroatoms. The molecule has 1 aromatic heterocycles. The van der Waals surface area contributed by atoms with Crippen molar-refractivity contribution in [3.8, 4) is 5.69 Å². The van der Waals surface area contributed by atoms with Crippen LogP contribution in [-0.2, 0) is 0 Å². The van der Waals surface area contributed by atoms with Crippen LogP contribution in [0, 0.1) is 0 Å². The molecule has 2 aliphatic rings. The van der Waals surface area contributed by atoms with Crippen LogP contribution in [-0.4, -0.2) is 15.9 Å². The second-order valence-corrected chi connectivity index (χ2v) is 11.0. The summed E-state index contributed by atoms with van der Waals surface area (Å²) < 4.78 is 2.53. The van der Waals surface area contributed by atoms with Gasteiger partial charge in [0.25, 0.3) is 0 Å². The Balaban J connectivity index is 1.69. The van der Waals surface area contributed by atoms with Crippen molar-refractivity contribution in [2.45, 2.75) is 88.4 Å². The van der Waals surface area contributed by atoms with E-state index < -0.39 is 0 Å². The van der Waals surface area contributed by atoms with Crippen LogP contribution in [0.25, 0.3) is 5.69 Å². The lowest BCUT2D eigenvalue weighted by Gasteiger charge is -2.35. The average molecular weight is 368 g/mol. The van der Waals surface area contributed by atoms with Gasteiger partial charge in [-0.25, -0.2) is 0 Å². The van der Waals surface area contributed by atoms with E-state index in [9.17, 15) is 0 Å². The van der Waals surface area contributed by atoms with E-state index in [0.717, 1.165) is 11.3 Å². The Morgan fingerprint density at radius 3 is 1.69 bits per heavy atom. The Kier molecular flexibility index (Phi) is 6.49. The molecule has 26 heavy (non-hydrogen) atoms. The van der Waals surface area contributed by atoms with Gasteiger partial charge < -0.3 is 4.57 Å². The topological polar surface area (TPSA) is 4.93 Å². The van der Waals surface area contributed by atoms with Gasteiger partial charge in [-0.3, -0.25) is 0 Å². The molecule has 2 aromatic rings. The molecule has 0 spiro atoms. The third-order valence-electron chi connectivity index (χ3n) is 6.46. The fourth-order valence-electron chi connectivity index (χ4n) is 5.13. The number of hydrogen-bond acceptors (Lipinski definition) is 0. The van der Waals surface area contributed by atoms with Crippen molar-refractivity contribution in [3.63, 3.8) is 0 Å². The molecular formula is C24H34NP. The minimum atomic E-state index is -0.0706.